The minimum atomic E-state index is -4.45. The molecule has 2 aromatic rings. The average Bonchev–Trinajstić information content (AvgIpc) is 2.78. The monoisotopic (exact) mass is 436 g/mol. The molecule has 0 unspecified atom stereocenters. The summed E-state index contributed by atoms with van der Waals surface area (Å²) in [5.41, 5.74) is -0.184. The van der Waals surface area contributed by atoms with Crippen LogP contribution < -0.4 is 4.74 Å². The lowest BCUT2D eigenvalue weighted by Crippen LogP contribution is -2.50. The van der Waals surface area contributed by atoms with Crippen LogP contribution in [0.1, 0.15) is 26.3 Å². The number of alkyl halides is 3. The molecule has 0 aromatic heterocycles. The van der Waals surface area contributed by atoms with Gasteiger partial charge in [-0.05, 0) is 36.4 Å². The lowest BCUT2D eigenvalue weighted by Gasteiger charge is -2.35. The van der Waals surface area contributed by atoms with Crippen LogP contribution in [0.4, 0.5) is 13.2 Å². The number of hydrogen-bond acceptors (Lipinski definition) is 4. The molecule has 2 aromatic carbocycles. The first-order valence-electron chi connectivity index (χ1n) is 9.78. The Morgan fingerprint density at radius 1 is 0.871 bits per heavy atom. The number of rotatable bonds is 6. The molecule has 0 spiro atoms. The molecule has 1 aliphatic rings. The Kier molecular flexibility index (Phi) is 7.17. The molecule has 1 saturated heterocycles. The first kappa shape index (κ1) is 22.6. The van der Waals surface area contributed by atoms with Crippen LogP contribution in [-0.4, -0.2) is 68.1 Å². The van der Waals surface area contributed by atoms with Crippen molar-refractivity contribution in [2.24, 2.45) is 0 Å². The van der Waals surface area contributed by atoms with Crippen LogP contribution in [0.15, 0.2) is 48.5 Å². The fourth-order valence-electron chi connectivity index (χ4n) is 3.27. The van der Waals surface area contributed by atoms with E-state index in [0.29, 0.717) is 37.6 Å². The van der Waals surface area contributed by atoms with Crippen molar-refractivity contribution < 1.29 is 32.2 Å². The highest BCUT2D eigenvalue weighted by Gasteiger charge is 2.31. The van der Waals surface area contributed by atoms with Gasteiger partial charge in [0.2, 0.25) is 0 Å². The Labute approximate surface area is 178 Å². The fourth-order valence-corrected chi connectivity index (χ4v) is 3.27. The Morgan fingerprint density at radius 3 is 2.03 bits per heavy atom. The molecular weight excluding hydrogens is 413 g/mol. The summed E-state index contributed by atoms with van der Waals surface area (Å²) in [4.78, 5) is 28.7. The number of nitrogens with zero attached hydrogens (tertiary/aromatic N) is 2. The molecule has 6 nitrogen and oxygen atoms in total. The maximum atomic E-state index is 12.9. The van der Waals surface area contributed by atoms with Crippen LogP contribution in [0.3, 0.4) is 0 Å². The topological polar surface area (TPSA) is 59.1 Å². The number of ether oxygens (including phenoxy) is 2. The van der Waals surface area contributed by atoms with Crippen LogP contribution >= 0.6 is 0 Å². The SMILES string of the molecule is COCCOc1ccccc1C(=O)N1CCN(C(=O)c2ccc(C(F)(F)F)cc2)CC1. The summed E-state index contributed by atoms with van der Waals surface area (Å²) in [6.07, 6.45) is -4.45. The third-order valence-electron chi connectivity index (χ3n) is 4.98. The molecule has 0 saturated carbocycles. The van der Waals surface area contributed by atoms with E-state index in [9.17, 15) is 22.8 Å². The van der Waals surface area contributed by atoms with Gasteiger partial charge in [-0.25, -0.2) is 0 Å². The van der Waals surface area contributed by atoms with Crippen molar-refractivity contribution in [2.45, 2.75) is 6.18 Å². The molecule has 1 fully saturated rings. The van der Waals surface area contributed by atoms with Crippen LogP contribution in [0.25, 0.3) is 0 Å². The fraction of sp³-hybridized carbons (Fsp3) is 0.364. The first-order chi connectivity index (χ1) is 14.8. The molecule has 2 amide bonds. The average molecular weight is 436 g/mol. The number of para-hydroxylation sites is 1. The molecular formula is C22H23F3N2O4. The van der Waals surface area contributed by atoms with E-state index >= 15 is 0 Å². The van der Waals surface area contributed by atoms with Gasteiger partial charge in [0.15, 0.2) is 0 Å². The maximum Gasteiger partial charge on any atom is 0.416 e. The van der Waals surface area contributed by atoms with E-state index in [0.717, 1.165) is 12.1 Å². The standard InChI is InChI=1S/C22H23F3N2O4/c1-30-14-15-31-19-5-3-2-4-18(19)21(29)27-12-10-26(11-13-27)20(28)16-6-8-17(9-7-16)22(23,24)25/h2-9H,10-15H2,1H3. The predicted molar refractivity (Wildman–Crippen MR) is 107 cm³/mol. The number of amides is 2. The quantitative estimate of drug-likeness (QED) is 0.652. The molecule has 9 heteroatoms. The van der Waals surface area contributed by atoms with Crippen molar-refractivity contribution in [1.82, 2.24) is 9.80 Å². The zero-order valence-corrected chi connectivity index (χ0v) is 17.0. The van der Waals surface area contributed by atoms with Crippen molar-refractivity contribution in [3.63, 3.8) is 0 Å². The number of hydrogen-bond donors (Lipinski definition) is 0. The van der Waals surface area contributed by atoms with Crippen molar-refractivity contribution in [1.29, 1.82) is 0 Å². The molecule has 0 aliphatic carbocycles. The molecule has 1 aliphatic heterocycles. The van der Waals surface area contributed by atoms with Gasteiger partial charge in [-0.2, -0.15) is 13.2 Å². The number of methoxy groups -OCH3 is 1. The van der Waals surface area contributed by atoms with Crippen molar-refractivity contribution in [2.75, 3.05) is 46.5 Å². The predicted octanol–water partition coefficient (Wildman–Crippen LogP) is 3.33. The van der Waals surface area contributed by atoms with Gasteiger partial charge < -0.3 is 19.3 Å². The molecule has 0 radical (unpaired) electrons. The molecule has 0 atom stereocenters. The Bertz CT molecular complexity index is 908. The van der Waals surface area contributed by atoms with E-state index in [1.165, 1.54) is 17.0 Å². The number of carbonyl (C=O) groups is 2. The summed E-state index contributed by atoms with van der Waals surface area (Å²) in [6.45, 7) is 1.93. The minimum Gasteiger partial charge on any atom is -0.490 e. The molecule has 0 bridgehead atoms. The van der Waals surface area contributed by atoms with Gasteiger partial charge in [0.05, 0.1) is 17.7 Å². The van der Waals surface area contributed by atoms with Gasteiger partial charge in [-0.15, -0.1) is 0 Å². The highest BCUT2D eigenvalue weighted by molar-refractivity contribution is 5.97. The minimum absolute atomic E-state index is 0.185. The Balaban J connectivity index is 1.60. The number of carbonyl (C=O) groups excluding carboxylic acids is 2. The molecule has 0 N–H and O–H groups in total. The second kappa shape index (κ2) is 9.82. The largest absolute Gasteiger partial charge is 0.490 e. The lowest BCUT2D eigenvalue weighted by atomic mass is 10.1. The number of piperazine rings is 1. The normalized spacial score (nSPS) is 14.5. The number of benzene rings is 2. The maximum absolute atomic E-state index is 12.9. The Morgan fingerprint density at radius 2 is 1.45 bits per heavy atom. The first-order valence-corrected chi connectivity index (χ1v) is 9.78. The van der Waals surface area contributed by atoms with Crippen LogP contribution in [-0.2, 0) is 10.9 Å². The third-order valence-corrected chi connectivity index (χ3v) is 4.98. The van der Waals surface area contributed by atoms with Gasteiger partial charge in [-0.1, -0.05) is 12.1 Å². The summed E-state index contributed by atoms with van der Waals surface area (Å²) in [5, 5.41) is 0. The van der Waals surface area contributed by atoms with Gasteiger partial charge in [0.25, 0.3) is 11.8 Å². The van der Waals surface area contributed by atoms with Gasteiger partial charge in [0.1, 0.15) is 12.4 Å². The second-order valence-electron chi connectivity index (χ2n) is 7.00. The van der Waals surface area contributed by atoms with E-state index in [1.54, 1.807) is 36.3 Å². The molecule has 166 valence electrons. The van der Waals surface area contributed by atoms with E-state index < -0.39 is 11.7 Å². The zero-order valence-electron chi connectivity index (χ0n) is 17.0. The van der Waals surface area contributed by atoms with Crippen LogP contribution in [0.5, 0.6) is 5.75 Å². The second-order valence-corrected chi connectivity index (χ2v) is 7.00. The van der Waals surface area contributed by atoms with Crippen molar-refractivity contribution in [3.8, 4) is 5.75 Å². The summed E-state index contributed by atoms with van der Waals surface area (Å²) in [5.74, 6) is -0.0911. The lowest BCUT2D eigenvalue weighted by molar-refractivity contribution is -0.137. The van der Waals surface area contributed by atoms with Crippen LogP contribution in [0.2, 0.25) is 0 Å². The zero-order chi connectivity index (χ0) is 22.4. The third kappa shape index (κ3) is 5.55. The van der Waals surface area contributed by atoms with Crippen molar-refractivity contribution in [3.05, 3.63) is 65.2 Å². The molecule has 3 rings (SSSR count). The molecule has 1 heterocycles. The van der Waals surface area contributed by atoms with Gasteiger partial charge >= 0.3 is 6.18 Å². The highest BCUT2D eigenvalue weighted by atomic mass is 19.4. The van der Waals surface area contributed by atoms with Crippen molar-refractivity contribution >= 4 is 11.8 Å². The van der Waals surface area contributed by atoms with Gasteiger partial charge in [-0.3, -0.25) is 9.59 Å². The smallest absolute Gasteiger partial charge is 0.416 e. The summed E-state index contributed by atoms with van der Waals surface area (Å²) in [7, 11) is 1.56. The summed E-state index contributed by atoms with van der Waals surface area (Å²) >= 11 is 0. The summed E-state index contributed by atoms with van der Waals surface area (Å²) in [6, 6.07) is 11.1. The van der Waals surface area contributed by atoms with Crippen LogP contribution in [0, 0.1) is 0 Å². The van der Waals surface area contributed by atoms with E-state index in [2.05, 4.69) is 0 Å². The van der Waals surface area contributed by atoms with E-state index in [-0.39, 0.29) is 30.5 Å². The van der Waals surface area contributed by atoms with E-state index in [4.69, 9.17) is 9.47 Å². The summed E-state index contributed by atoms with van der Waals surface area (Å²) < 4.78 is 48.7. The van der Waals surface area contributed by atoms with Gasteiger partial charge in [0, 0.05) is 38.9 Å². The highest BCUT2D eigenvalue weighted by Crippen LogP contribution is 2.29. The molecule has 31 heavy (non-hydrogen) atoms. The van der Waals surface area contributed by atoms with E-state index in [1.807, 2.05) is 0 Å². The number of halogens is 3. The Hall–Kier alpha value is -3.07.